The zero-order chi connectivity index (χ0) is 7.07. The average Bonchev–Trinajstić information content (AvgIpc) is 2.67. The minimum Gasteiger partial charge on any atom is -0.358 e. The predicted octanol–water partition coefficient (Wildman–Crippen LogP) is 3.06. The third-order valence-electron chi connectivity index (χ3n) is 1.17. The fourth-order valence-corrected chi connectivity index (χ4v) is 0.680. The van der Waals surface area contributed by atoms with E-state index in [0.717, 1.165) is 12.8 Å². The standard InChI is InChI=1S/2C5H5.CH3.Ti/c2*1-2-4-5-3-1;;/h2*1-3H,4H2;1H3;/q3*-1;+3. The van der Waals surface area contributed by atoms with Crippen LogP contribution >= 0.6 is 0 Å². The molecule has 0 nitrogen and oxygen atoms in total. The summed E-state index contributed by atoms with van der Waals surface area (Å²) in [5, 5.41) is 0. The van der Waals surface area contributed by atoms with Crippen LogP contribution in [-0.2, 0) is 21.7 Å². The summed E-state index contributed by atoms with van der Waals surface area (Å²) < 4.78 is 0. The van der Waals surface area contributed by atoms with Gasteiger partial charge in [-0.25, -0.2) is 24.3 Å². The number of hydrogen-bond donors (Lipinski definition) is 0. The molecule has 61 valence electrons. The van der Waals surface area contributed by atoms with E-state index in [4.69, 9.17) is 0 Å². The van der Waals surface area contributed by atoms with Crippen LogP contribution in [-0.4, -0.2) is 0 Å². The Kier molecular flexibility index (Phi) is 12.6. The van der Waals surface area contributed by atoms with E-state index < -0.39 is 0 Å². The van der Waals surface area contributed by atoms with Crippen LogP contribution in [0, 0.1) is 19.6 Å². The monoisotopic (exact) mass is 193 g/mol. The van der Waals surface area contributed by atoms with Gasteiger partial charge in [0, 0.05) is 0 Å². The first-order chi connectivity index (χ1) is 5.00. The Balaban J connectivity index is 0. The molecule has 0 unspecified atom stereocenters. The summed E-state index contributed by atoms with van der Waals surface area (Å²) in [6.45, 7) is 0. The van der Waals surface area contributed by atoms with Crippen molar-refractivity contribution in [1.29, 1.82) is 0 Å². The maximum atomic E-state index is 2.99. The Morgan fingerprint density at radius 3 is 1.33 bits per heavy atom. The molecule has 0 fully saturated rings. The number of rotatable bonds is 0. The molecular formula is C11H13Ti. The van der Waals surface area contributed by atoms with Crippen LogP contribution in [0.1, 0.15) is 12.8 Å². The summed E-state index contributed by atoms with van der Waals surface area (Å²) in [6, 6.07) is 0. The molecule has 0 spiro atoms. The fraction of sp³-hybridized carbons (Fsp3) is 0.182. The van der Waals surface area contributed by atoms with Gasteiger partial charge in [0.2, 0.25) is 0 Å². The normalized spacial score (nSPS) is 14.7. The molecule has 0 saturated carbocycles. The van der Waals surface area contributed by atoms with Gasteiger partial charge in [-0.05, 0) is 0 Å². The number of hydrogen-bond acceptors (Lipinski definition) is 0. The third kappa shape index (κ3) is 7.78. The Morgan fingerprint density at radius 1 is 0.833 bits per heavy atom. The van der Waals surface area contributed by atoms with Crippen LogP contribution < -0.4 is 0 Å². The molecule has 0 saturated heterocycles. The maximum Gasteiger partial charge on any atom is 3.00 e. The van der Waals surface area contributed by atoms with Crippen molar-refractivity contribution in [3.8, 4) is 0 Å². The van der Waals surface area contributed by atoms with E-state index in [2.05, 4.69) is 24.3 Å². The Bertz CT molecular complexity index is 143. The van der Waals surface area contributed by atoms with Crippen LogP contribution in [0.2, 0.25) is 0 Å². The van der Waals surface area contributed by atoms with Gasteiger partial charge in [-0.2, -0.15) is 12.2 Å². The molecule has 0 aromatic rings. The van der Waals surface area contributed by atoms with E-state index in [1.54, 1.807) is 0 Å². The van der Waals surface area contributed by atoms with E-state index in [1.807, 2.05) is 24.3 Å². The SMILES string of the molecule is [C-]1=CC=CC1.[C-]1=CC=CC1.[CH3-].[Ti+3]. The molecule has 2 aliphatic carbocycles. The summed E-state index contributed by atoms with van der Waals surface area (Å²) in [5.74, 6) is 0. The first kappa shape index (κ1) is 14.2. The molecule has 0 aromatic heterocycles. The first-order valence-electron chi connectivity index (χ1n) is 3.43. The molecule has 1 heteroatoms. The molecule has 0 atom stereocenters. The van der Waals surface area contributed by atoms with Crippen LogP contribution in [0.3, 0.4) is 0 Å². The second kappa shape index (κ2) is 10.7. The average molecular weight is 193 g/mol. The molecule has 0 N–H and O–H groups in total. The molecule has 0 aromatic carbocycles. The summed E-state index contributed by atoms with van der Waals surface area (Å²) in [6.07, 6.45) is 20.0. The molecule has 0 heterocycles. The van der Waals surface area contributed by atoms with Gasteiger partial charge in [-0.3, -0.25) is 12.2 Å². The van der Waals surface area contributed by atoms with Gasteiger partial charge in [0.25, 0.3) is 0 Å². The molecule has 2 aliphatic rings. The van der Waals surface area contributed by atoms with Crippen molar-refractivity contribution in [3.05, 3.63) is 56.0 Å². The van der Waals surface area contributed by atoms with Crippen LogP contribution in [0.15, 0.2) is 36.5 Å². The van der Waals surface area contributed by atoms with Gasteiger partial charge in [0.1, 0.15) is 0 Å². The largest absolute Gasteiger partial charge is 3.00 e. The molecule has 0 amide bonds. The van der Waals surface area contributed by atoms with Gasteiger partial charge >= 0.3 is 21.7 Å². The van der Waals surface area contributed by atoms with Crippen molar-refractivity contribution < 1.29 is 21.7 Å². The summed E-state index contributed by atoms with van der Waals surface area (Å²) in [4.78, 5) is 0. The van der Waals surface area contributed by atoms with Gasteiger partial charge in [0.05, 0.1) is 0 Å². The second-order valence-electron chi connectivity index (χ2n) is 2.01. The summed E-state index contributed by atoms with van der Waals surface area (Å²) >= 11 is 0. The third-order valence-corrected chi connectivity index (χ3v) is 1.17. The number of allylic oxidation sites excluding steroid dienone is 8. The molecular weight excluding hydrogens is 180 g/mol. The van der Waals surface area contributed by atoms with E-state index in [-0.39, 0.29) is 29.1 Å². The quantitative estimate of drug-likeness (QED) is 0.409. The van der Waals surface area contributed by atoms with E-state index >= 15 is 0 Å². The van der Waals surface area contributed by atoms with E-state index in [0.29, 0.717) is 0 Å². The Hall–Kier alpha value is -0.326. The Labute approximate surface area is 90.6 Å². The first-order valence-corrected chi connectivity index (χ1v) is 3.43. The molecule has 0 aliphatic heterocycles. The van der Waals surface area contributed by atoms with Crippen LogP contribution in [0.5, 0.6) is 0 Å². The van der Waals surface area contributed by atoms with Gasteiger partial charge in [-0.1, -0.05) is 0 Å². The zero-order valence-corrected chi connectivity index (χ0v) is 8.94. The molecule has 1 radical (unpaired) electrons. The van der Waals surface area contributed by atoms with Crippen molar-refractivity contribution in [1.82, 2.24) is 0 Å². The summed E-state index contributed by atoms with van der Waals surface area (Å²) in [7, 11) is 0. The second-order valence-corrected chi connectivity index (χ2v) is 2.01. The van der Waals surface area contributed by atoms with Crippen molar-refractivity contribution in [2.24, 2.45) is 0 Å². The van der Waals surface area contributed by atoms with Crippen LogP contribution in [0.25, 0.3) is 0 Å². The van der Waals surface area contributed by atoms with E-state index in [1.165, 1.54) is 0 Å². The Morgan fingerprint density at radius 2 is 1.25 bits per heavy atom. The van der Waals surface area contributed by atoms with Crippen molar-refractivity contribution in [3.63, 3.8) is 0 Å². The topological polar surface area (TPSA) is 0 Å². The van der Waals surface area contributed by atoms with E-state index in [9.17, 15) is 0 Å². The molecule has 2 rings (SSSR count). The van der Waals surface area contributed by atoms with Crippen molar-refractivity contribution in [2.45, 2.75) is 12.8 Å². The minimum atomic E-state index is 0. The van der Waals surface area contributed by atoms with Crippen molar-refractivity contribution in [2.75, 3.05) is 0 Å². The zero-order valence-electron chi connectivity index (χ0n) is 7.38. The predicted molar refractivity (Wildman–Crippen MR) is 49.6 cm³/mol. The molecule has 0 bridgehead atoms. The smallest absolute Gasteiger partial charge is 0.358 e. The summed E-state index contributed by atoms with van der Waals surface area (Å²) in [5.41, 5.74) is 0. The van der Waals surface area contributed by atoms with Crippen LogP contribution in [0.4, 0.5) is 0 Å². The fourth-order valence-electron chi connectivity index (χ4n) is 0.680. The maximum absolute atomic E-state index is 2.99. The van der Waals surface area contributed by atoms with Gasteiger partial charge in [-0.15, -0.1) is 12.8 Å². The van der Waals surface area contributed by atoms with Gasteiger partial charge < -0.3 is 7.43 Å². The van der Waals surface area contributed by atoms with Crippen molar-refractivity contribution >= 4 is 0 Å². The molecule has 12 heavy (non-hydrogen) atoms. The van der Waals surface area contributed by atoms with Gasteiger partial charge in [0.15, 0.2) is 0 Å². The minimum absolute atomic E-state index is 0.